The first kappa shape index (κ1) is 22.8. The van der Waals surface area contributed by atoms with E-state index < -0.39 is 6.36 Å². The summed E-state index contributed by atoms with van der Waals surface area (Å²) in [5.41, 5.74) is 0.631. The fourth-order valence-corrected chi connectivity index (χ4v) is 2.76. The Bertz CT molecular complexity index is 526. The number of ether oxygens (including phenoxy) is 3. The quantitative estimate of drug-likeness (QED) is 0.626. The molecule has 0 amide bonds. The SMILES string of the molecule is COCCOc1ccc(OC(F)(F)F)cc1CNCC1CCNCC1.Cl. The molecule has 26 heavy (non-hydrogen) atoms. The monoisotopic (exact) mass is 398 g/mol. The predicted octanol–water partition coefficient (Wildman–Crippen LogP) is 3.12. The summed E-state index contributed by atoms with van der Waals surface area (Å²) in [6.45, 7) is 3.99. The van der Waals surface area contributed by atoms with Crippen LogP contribution in [-0.2, 0) is 11.3 Å². The Labute approximate surface area is 158 Å². The van der Waals surface area contributed by atoms with Crippen LogP contribution < -0.4 is 20.1 Å². The lowest BCUT2D eigenvalue weighted by molar-refractivity contribution is -0.274. The minimum atomic E-state index is -4.71. The highest BCUT2D eigenvalue weighted by atomic mass is 35.5. The molecule has 1 aromatic carbocycles. The number of piperidine rings is 1. The smallest absolute Gasteiger partial charge is 0.491 e. The van der Waals surface area contributed by atoms with Crippen LogP contribution in [-0.4, -0.2) is 46.3 Å². The summed E-state index contributed by atoms with van der Waals surface area (Å²) in [4.78, 5) is 0. The van der Waals surface area contributed by atoms with Gasteiger partial charge in [0.15, 0.2) is 0 Å². The summed E-state index contributed by atoms with van der Waals surface area (Å²) in [6.07, 6.45) is -2.51. The van der Waals surface area contributed by atoms with Crippen molar-refractivity contribution in [3.05, 3.63) is 23.8 Å². The molecule has 150 valence electrons. The second-order valence-electron chi connectivity index (χ2n) is 5.98. The molecule has 0 radical (unpaired) electrons. The summed E-state index contributed by atoms with van der Waals surface area (Å²) in [5, 5.41) is 6.62. The average molecular weight is 399 g/mol. The van der Waals surface area contributed by atoms with Crippen molar-refractivity contribution in [1.82, 2.24) is 10.6 Å². The molecule has 0 saturated carbocycles. The van der Waals surface area contributed by atoms with Crippen LogP contribution in [0, 0.1) is 5.92 Å². The molecule has 2 rings (SSSR count). The van der Waals surface area contributed by atoms with E-state index in [2.05, 4.69) is 15.4 Å². The lowest BCUT2D eigenvalue weighted by atomic mass is 9.98. The van der Waals surface area contributed by atoms with E-state index in [-0.39, 0.29) is 18.2 Å². The molecule has 1 fully saturated rings. The van der Waals surface area contributed by atoms with Crippen molar-refractivity contribution >= 4 is 12.4 Å². The van der Waals surface area contributed by atoms with Crippen molar-refractivity contribution in [2.45, 2.75) is 25.7 Å². The highest BCUT2D eigenvalue weighted by Gasteiger charge is 2.31. The average Bonchev–Trinajstić information content (AvgIpc) is 2.56. The zero-order valence-corrected chi connectivity index (χ0v) is 15.5. The van der Waals surface area contributed by atoms with Crippen LogP contribution in [0.3, 0.4) is 0 Å². The highest BCUT2D eigenvalue weighted by Crippen LogP contribution is 2.28. The van der Waals surface area contributed by atoms with Crippen LogP contribution in [0.15, 0.2) is 18.2 Å². The maximum atomic E-state index is 12.4. The third-order valence-electron chi connectivity index (χ3n) is 4.02. The third kappa shape index (κ3) is 8.44. The van der Waals surface area contributed by atoms with Crippen molar-refractivity contribution in [1.29, 1.82) is 0 Å². The number of benzene rings is 1. The Hall–Kier alpha value is -1.22. The summed E-state index contributed by atoms with van der Waals surface area (Å²) in [7, 11) is 1.56. The van der Waals surface area contributed by atoms with Crippen LogP contribution in [0.2, 0.25) is 0 Å². The zero-order chi connectivity index (χ0) is 18.1. The minimum Gasteiger partial charge on any atom is -0.491 e. The molecule has 0 atom stereocenters. The molecule has 1 saturated heterocycles. The first-order chi connectivity index (χ1) is 12.0. The predicted molar refractivity (Wildman–Crippen MR) is 95.0 cm³/mol. The summed E-state index contributed by atoms with van der Waals surface area (Å²) >= 11 is 0. The van der Waals surface area contributed by atoms with Crippen molar-refractivity contribution in [2.75, 3.05) is 40.0 Å². The van der Waals surface area contributed by atoms with Crippen molar-refractivity contribution < 1.29 is 27.4 Å². The number of nitrogens with one attached hydrogen (secondary N) is 2. The van der Waals surface area contributed by atoms with Gasteiger partial charge in [-0.05, 0) is 56.6 Å². The number of halogens is 4. The first-order valence-corrected chi connectivity index (χ1v) is 8.40. The molecule has 9 heteroatoms. The van der Waals surface area contributed by atoms with E-state index in [9.17, 15) is 13.2 Å². The minimum absolute atomic E-state index is 0. The highest BCUT2D eigenvalue weighted by molar-refractivity contribution is 5.85. The van der Waals surface area contributed by atoms with Gasteiger partial charge in [0.05, 0.1) is 6.61 Å². The maximum absolute atomic E-state index is 12.4. The van der Waals surface area contributed by atoms with E-state index in [0.717, 1.165) is 32.5 Å². The molecule has 1 aliphatic heterocycles. The van der Waals surface area contributed by atoms with Gasteiger partial charge in [-0.25, -0.2) is 0 Å². The number of hydrogen-bond acceptors (Lipinski definition) is 5. The number of hydrogen-bond donors (Lipinski definition) is 2. The number of rotatable bonds is 9. The van der Waals surface area contributed by atoms with Crippen LogP contribution >= 0.6 is 12.4 Å². The van der Waals surface area contributed by atoms with Gasteiger partial charge in [-0.1, -0.05) is 0 Å². The van der Waals surface area contributed by atoms with Gasteiger partial charge in [0.1, 0.15) is 18.1 Å². The molecular weight excluding hydrogens is 373 g/mol. The fraction of sp³-hybridized carbons (Fsp3) is 0.647. The summed E-state index contributed by atoms with van der Waals surface area (Å²) in [5.74, 6) is 0.864. The van der Waals surface area contributed by atoms with Crippen LogP contribution in [0.5, 0.6) is 11.5 Å². The Morgan fingerprint density at radius 3 is 2.58 bits per heavy atom. The van der Waals surface area contributed by atoms with Crippen LogP contribution in [0.25, 0.3) is 0 Å². The molecule has 1 heterocycles. The summed E-state index contributed by atoms with van der Waals surface area (Å²) < 4.78 is 51.8. The van der Waals surface area contributed by atoms with E-state index in [0.29, 0.717) is 37.0 Å². The molecule has 2 N–H and O–H groups in total. The van der Waals surface area contributed by atoms with E-state index in [1.165, 1.54) is 18.2 Å². The second kappa shape index (κ2) is 11.5. The molecule has 5 nitrogen and oxygen atoms in total. The van der Waals surface area contributed by atoms with Gasteiger partial charge in [0, 0.05) is 19.2 Å². The van der Waals surface area contributed by atoms with Crippen molar-refractivity contribution in [2.24, 2.45) is 5.92 Å². The molecule has 1 aliphatic rings. The lowest BCUT2D eigenvalue weighted by Gasteiger charge is -2.23. The Kier molecular flexibility index (Phi) is 10.1. The molecular formula is C17H26ClF3N2O3. The number of methoxy groups -OCH3 is 1. The van der Waals surface area contributed by atoms with Gasteiger partial charge in [0.2, 0.25) is 0 Å². The van der Waals surface area contributed by atoms with Gasteiger partial charge in [0.25, 0.3) is 0 Å². The largest absolute Gasteiger partial charge is 0.573 e. The Morgan fingerprint density at radius 2 is 1.92 bits per heavy atom. The van der Waals surface area contributed by atoms with Gasteiger partial charge >= 0.3 is 6.36 Å². The van der Waals surface area contributed by atoms with E-state index >= 15 is 0 Å². The lowest BCUT2D eigenvalue weighted by Crippen LogP contribution is -2.33. The van der Waals surface area contributed by atoms with Gasteiger partial charge in [-0.2, -0.15) is 0 Å². The van der Waals surface area contributed by atoms with Crippen molar-refractivity contribution in [3.63, 3.8) is 0 Å². The molecule has 0 aromatic heterocycles. The third-order valence-corrected chi connectivity index (χ3v) is 4.02. The molecule has 0 aliphatic carbocycles. The standard InChI is InChI=1S/C17H25F3N2O3.ClH/c1-23-8-9-24-16-3-2-15(25-17(18,19)20)10-14(16)12-22-11-13-4-6-21-7-5-13;/h2-3,10,13,21-22H,4-9,11-12H2,1H3;1H. The molecule has 1 aromatic rings. The van der Waals surface area contributed by atoms with E-state index in [1.54, 1.807) is 7.11 Å². The zero-order valence-electron chi connectivity index (χ0n) is 14.7. The fourth-order valence-electron chi connectivity index (χ4n) is 2.76. The second-order valence-corrected chi connectivity index (χ2v) is 5.98. The van der Waals surface area contributed by atoms with Gasteiger partial charge < -0.3 is 24.8 Å². The van der Waals surface area contributed by atoms with Crippen LogP contribution in [0.1, 0.15) is 18.4 Å². The maximum Gasteiger partial charge on any atom is 0.573 e. The molecule has 0 unspecified atom stereocenters. The van der Waals surface area contributed by atoms with Crippen LogP contribution in [0.4, 0.5) is 13.2 Å². The van der Waals surface area contributed by atoms with E-state index in [1.807, 2.05) is 0 Å². The van der Waals surface area contributed by atoms with Gasteiger partial charge in [-0.15, -0.1) is 25.6 Å². The summed E-state index contributed by atoms with van der Waals surface area (Å²) in [6, 6.07) is 4.12. The molecule has 0 bridgehead atoms. The normalized spacial score (nSPS) is 15.4. The Morgan fingerprint density at radius 1 is 1.19 bits per heavy atom. The Balaban J connectivity index is 0.00000338. The first-order valence-electron chi connectivity index (χ1n) is 8.40. The van der Waals surface area contributed by atoms with Crippen molar-refractivity contribution in [3.8, 4) is 11.5 Å². The molecule has 0 spiro atoms. The number of alkyl halides is 3. The van der Waals surface area contributed by atoms with E-state index in [4.69, 9.17) is 9.47 Å². The topological polar surface area (TPSA) is 51.8 Å². The van der Waals surface area contributed by atoms with Gasteiger partial charge in [-0.3, -0.25) is 0 Å².